The Morgan fingerprint density at radius 1 is 1.50 bits per heavy atom. The summed E-state index contributed by atoms with van der Waals surface area (Å²) in [5, 5.41) is 2.06. The predicted octanol–water partition coefficient (Wildman–Crippen LogP) is 2.50. The van der Waals surface area contributed by atoms with Crippen LogP contribution in [-0.2, 0) is 6.54 Å². The lowest BCUT2D eigenvalue weighted by atomic mass is 10.3. The van der Waals surface area contributed by atoms with Gasteiger partial charge in [-0.05, 0) is 13.8 Å². The fourth-order valence-electron chi connectivity index (χ4n) is 1.25. The van der Waals surface area contributed by atoms with Crippen LogP contribution < -0.4 is 5.73 Å². The van der Waals surface area contributed by atoms with E-state index in [1.165, 1.54) is 16.2 Å². The SMILES string of the molecule is CC(C)N(Cc1csc(N)n1)CC(F)(F)F. The topological polar surface area (TPSA) is 42.1 Å². The van der Waals surface area contributed by atoms with Crippen LogP contribution in [0.4, 0.5) is 18.3 Å². The van der Waals surface area contributed by atoms with E-state index in [1.807, 2.05) is 0 Å². The van der Waals surface area contributed by atoms with Gasteiger partial charge < -0.3 is 5.73 Å². The maximum atomic E-state index is 12.3. The van der Waals surface area contributed by atoms with Crippen molar-refractivity contribution in [2.45, 2.75) is 32.6 Å². The zero-order chi connectivity index (χ0) is 12.3. The minimum atomic E-state index is -4.19. The molecule has 7 heteroatoms. The molecule has 0 aromatic carbocycles. The quantitative estimate of drug-likeness (QED) is 0.896. The average molecular weight is 253 g/mol. The Balaban J connectivity index is 2.65. The van der Waals surface area contributed by atoms with Gasteiger partial charge in [-0.15, -0.1) is 11.3 Å². The van der Waals surface area contributed by atoms with Crippen LogP contribution in [0.25, 0.3) is 0 Å². The van der Waals surface area contributed by atoms with Gasteiger partial charge in [0.25, 0.3) is 0 Å². The molecule has 1 aromatic rings. The molecule has 0 atom stereocenters. The first kappa shape index (κ1) is 13.2. The predicted molar refractivity (Wildman–Crippen MR) is 58.1 cm³/mol. The molecule has 1 heterocycles. The van der Waals surface area contributed by atoms with Crippen LogP contribution in [0.5, 0.6) is 0 Å². The lowest BCUT2D eigenvalue weighted by Crippen LogP contribution is -2.38. The summed E-state index contributed by atoms with van der Waals surface area (Å²) in [5.41, 5.74) is 6.01. The summed E-state index contributed by atoms with van der Waals surface area (Å²) in [6.07, 6.45) is -4.19. The van der Waals surface area contributed by atoms with Crippen LogP contribution in [0.3, 0.4) is 0 Å². The van der Waals surface area contributed by atoms with E-state index in [9.17, 15) is 13.2 Å². The maximum Gasteiger partial charge on any atom is 0.401 e. The summed E-state index contributed by atoms with van der Waals surface area (Å²) in [6, 6.07) is -0.190. The molecule has 0 aliphatic carbocycles. The van der Waals surface area contributed by atoms with Gasteiger partial charge in [0.05, 0.1) is 12.2 Å². The second kappa shape index (κ2) is 5.01. The Hall–Kier alpha value is -0.820. The number of thiazole rings is 1. The van der Waals surface area contributed by atoms with E-state index in [4.69, 9.17) is 5.73 Å². The molecule has 0 aliphatic rings. The van der Waals surface area contributed by atoms with Crippen molar-refractivity contribution >= 4 is 16.5 Å². The zero-order valence-electron chi connectivity index (χ0n) is 9.08. The van der Waals surface area contributed by atoms with Crippen LogP contribution in [-0.4, -0.2) is 28.6 Å². The first-order chi connectivity index (χ1) is 7.28. The number of nitrogens with zero attached hydrogens (tertiary/aromatic N) is 2. The van der Waals surface area contributed by atoms with Gasteiger partial charge >= 0.3 is 6.18 Å². The molecule has 92 valence electrons. The van der Waals surface area contributed by atoms with Gasteiger partial charge in [0.1, 0.15) is 0 Å². The second-order valence-corrected chi connectivity index (χ2v) is 4.68. The highest BCUT2D eigenvalue weighted by molar-refractivity contribution is 7.13. The van der Waals surface area contributed by atoms with Crippen molar-refractivity contribution in [2.24, 2.45) is 0 Å². The van der Waals surface area contributed by atoms with E-state index < -0.39 is 12.7 Å². The Labute approximate surface area is 96.1 Å². The molecule has 16 heavy (non-hydrogen) atoms. The highest BCUT2D eigenvalue weighted by Gasteiger charge is 2.31. The minimum Gasteiger partial charge on any atom is -0.375 e. The number of halogens is 3. The molecule has 0 radical (unpaired) electrons. The van der Waals surface area contributed by atoms with Crippen LogP contribution >= 0.6 is 11.3 Å². The lowest BCUT2D eigenvalue weighted by molar-refractivity contribution is -0.151. The van der Waals surface area contributed by atoms with Gasteiger partial charge in [-0.1, -0.05) is 0 Å². The Morgan fingerprint density at radius 3 is 2.50 bits per heavy atom. The van der Waals surface area contributed by atoms with E-state index in [-0.39, 0.29) is 12.6 Å². The van der Waals surface area contributed by atoms with Crippen LogP contribution in [0.1, 0.15) is 19.5 Å². The fraction of sp³-hybridized carbons (Fsp3) is 0.667. The maximum absolute atomic E-state index is 12.3. The second-order valence-electron chi connectivity index (χ2n) is 3.79. The number of anilines is 1. The van der Waals surface area contributed by atoms with Gasteiger partial charge in [-0.3, -0.25) is 4.90 Å². The molecule has 0 saturated heterocycles. The first-order valence-electron chi connectivity index (χ1n) is 4.78. The molecular weight excluding hydrogens is 239 g/mol. The summed E-state index contributed by atoms with van der Waals surface area (Å²) in [6.45, 7) is 2.69. The number of rotatable bonds is 4. The lowest BCUT2D eigenvalue weighted by Gasteiger charge is -2.26. The number of nitrogens with two attached hydrogens (primary N) is 1. The Kier molecular flexibility index (Phi) is 4.15. The number of aromatic nitrogens is 1. The van der Waals surface area contributed by atoms with Crippen molar-refractivity contribution in [2.75, 3.05) is 12.3 Å². The Morgan fingerprint density at radius 2 is 2.12 bits per heavy atom. The van der Waals surface area contributed by atoms with E-state index >= 15 is 0 Å². The molecule has 0 fully saturated rings. The van der Waals surface area contributed by atoms with Crippen molar-refractivity contribution in [3.8, 4) is 0 Å². The standard InChI is InChI=1S/C9H14F3N3S/c1-6(2)15(5-9(10,11)12)3-7-4-16-8(13)14-7/h4,6H,3,5H2,1-2H3,(H2,13,14). The van der Waals surface area contributed by atoms with E-state index in [2.05, 4.69) is 4.98 Å². The molecule has 1 aromatic heterocycles. The molecule has 0 unspecified atom stereocenters. The van der Waals surface area contributed by atoms with E-state index in [0.29, 0.717) is 10.8 Å². The van der Waals surface area contributed by atoms with Gasteiger partial charge in [0, 0.05) is 18.0 Å². The molecule has 1 rings (SSSR count). The molecule has 0 bridgehead atoms. The number of alkyl halides is 3. The smallest absolute Gasteiger partial charge is 0.375 e. The molecule has 0 aliphatic heterocycles. The van der Waals surface area contributed by atoms with Crippen molar-refractivity contribution in [1.29, 1.82) is 0 Å². The average Bonchev–Trinajstić information content (AvgIpc) is 2.47. The molecular formula is C9H14F3N3S. The van der Waals surface area contributed by atoms with Gasteiger partial charge in [-0.25, -0.2) is 4.98 Å². The third kappa shape index (κ3) is 4.36. The molecule has 0 amide bonds. The van der Waals surface area contributed by atoms with Crippen LogP contribution in [0.15, 0.2) is 5.38 Å². The number of hydrogen-bond donors (Lipinski definition) is 1. The fourth-order valence-corrected chi connectivity index (χ4v) is 1.81. The molecule has 0 saturated carbocycles. The first-order valence-corrected chi connectivity index (χ1v) is 5.66. The van der Waals surface area contributed by atoms with Crippen molar-refractivity contribution in [3.05, 3.63) is 11.1 Å². The summed E-state index contributed by atoms with van der Waals surface area (Å²) >= 11 is 1.23. The van der Waals surface area contributed by atoms with Gasteiger partial charge in [0.2, 0.25) is 0 Å². The number of hydrogen-bond acceptors (Lipinski definition) is 4. The number of nitrogen functional groups attached to an aromatic ring is 1. The summed E-state index contributed by atoms with van der Waals surface area (Å²) in [4.78, 5) is 5.26. The van der Waals surface area contributed by atoms with Gasteiger partial charge in [0.15, 0.2) is 5.13 Å². The van der Waals surface area contributed by atoms with Crippen LogP contribution in [0.2, 0.25) is 0 Å². The molecule has 2 N–H and O–H groups in total. The zero-order valence-corrected chi connectivity index (χ0v) is 9.90. The molecule has 0 spiro atoms. The summed E-state index contributed by atoms with van der Waals surface area (Å²) in [7, 11) is 0. The van der Waals surface area contributed by atoms with Crippen molar-refractivity contribution in [1.82, 2.24) is 9.88 Å². The summed E-state index contributed by atoms with van der Waals surface area (Å²) in [5.74, 6) is 0. The van der Waals surface area contributed by atoms with Gasteiger partial charge in [-0.2, -0.15) is 13.2 Å². The third-order valence-corrected chi connectivity index (χ3v) is 2.77. The molecule has 3 nitrogen and oxygen atoms in total. The highest BCUT2D eigenvalue weighted by Crippen LogP contribution is 2.20. The normalized spacial score (nSPS) is 12.7. The highest BCUT2D eigenvalue weighted by atomic mass is 32.1. The van der Waals surface area contributed by atoms with E-state index in [1.54, 1.807) is 19.2 Å². The minimum absolute atomic E-state index is 0.172. The van der Waals surface area contributed by atoms with Crippen LogP contribution in [0, 0.1) is 0 Å². The Bertz CT molecular complexity index is 335. The van der Waals surface area contributed by atoms with E-state index in [0.717, 1.165) is 0 Å². The van der Waals surface area contributed by atoms with Crippen molar-refractivity contribution < 1.29 is 13.2 Å². The third-order valence-electron chi connectivity index (χ3n) is 2.05. The largest absolute Gasteiger partial charge is 0.401 e. The monoisotopic (exact) mass is 253 g/mol. The van der Waals surface area contributed by atoms with Crippen molar-refractivity contribution in [3.63, 3.8) is 0 Å². The summed E-state index contributed by atoms with van der Waals surface area (Å²) < 4.78 is 36.9.